The van der Waals surface area contributed by atoms with Gasteiger partial charge in [0.1, 0.15) is 17.5 Å². The fraction of sp³-hybridized carbons (Fsp3) is 0.333. The number of nitrogen functional groups attached to an aromatic ring is 1. The summed E-state index contributed by atoms with van der Waals surface area (Å²) in [5.41, 5.74) is 7.53. The zero-order valence-electron chi connectivity index (χ0n) is 12.7. The molecule has 0 aliphatic rings. The molecule has 0 saturated carbocycles. The molecule has 1 heterocycles. The number of hydrogen-bond donors (Lipinski definition) is 2. The second-order valence-corrected chi connectivity index (χ2v) is 5.13. The monoisotopic (exact) mass is 289 g/mol. The summed E-state index contributed by atoms with van der Waals surface area (Å²) in [4.78, 5) is 1.88. The van der Waals surface area contributed by atoms with Crippen molar-refractivity contribution in [2.45, 2.75) is 19.9 Å². The van der Waals surface area contributed by atoms with Crippen LogP contribution >= 0.6 is 0 Å². The molecule has 2 rings (SSSR count). The molecule has 1 aromatic heterocycles. The fourth-order valence-corrected chi connectivity index (χ4v) is 2.57. The van der Waals surface area contributed by atoms with Crippen LogP contribution in [0.3, 0.4) is 0 Å². The molecule has 1 unspecified atom stereocenters. The Morgan fingerprint density at radius 1 is 1.43 bits per heavy atom. The summed E-state index contributed by atoms with van der Waals surface area (Å²) in [5, 5.41) is 12.0. The summed E-state index contributed by atoms with van der Waals surface area (Å²) in [6.07, 6.45) is 0. The predicted octanol–water partition coefficient (Wildman–Crippen LogP) is 2.35. The van der Waals surface area contributed by atoms with Crippen molar-refractivity contribution in [1.29, 1.82) is 5.41 Å². The van der Waals surface area contributed by atoms with E-state index >= 15 is 0 Å². The lowest BCUT2D eigenvalue weighted by molar-refractivity contribution is 0.579. The molecule has 0 aliphatic heterocycles. The highest BCUT2D eigenvalue weighted by atomic mass is 19.1. The van der Waals surface area contributed by atoms with E-state index < -0.39 is 0 Å². The van der Waals surface area contributed by atoms with Crippen LogP contribution in [0.15, 0.2) is 24.3 Å². The van der Waals surface area contributed by atoms with Crippen LogP contribution in [-0.4, -0.2) is 22.7 Å². The Kier molecular flexibility index (Phi) is 3.97. The van der Waals surface area contributed by atoms with Gasteiger partial charge < -0.3 is 10.6 Å². The number of aromatic nitrogens is 2. The summed E-state index contributed by atoms with van der Waals surface area (Å²) < 4.78 is 15.6. The average molecular weight is 289 g/mol. The van der Waals surface area contributed by atoms with Crippen LogP contribution in [0.5, 0.6) is 0 Å². The molecule has 0 amide bonds. The van der Waals surface area contributed by atoms with E-state index in [0.717, 1.165) is 0 Å². The molecular formula is C15H20FN5. The van der Waals surface area contributed by atoms with Crippen molar-refractivity contribution in [3.63, 3.8) is 0 Å². The molecule has 0 radical (unpaired) electrons. The Morgan fingerprint density at radius 3 is 2.62 bits per heavy atom. The average Bonchev–Trinajstić information content (AvgIpc) is 2.72. The minimum absolute atomic E-state index is 0.0387. The van der Waals surface area contributed by atoms with Gasteiger partial charge in [-0.05, 0) is 19.9 Å². The maximum Gasteiger partial charge on any atom is 0.138 e. The molecule has 0 saturated heterocycles. The Bertz CT molecular complexity index is 677. The number of nitrogens with two attached hydrogens (primary N) is 1. The van der Waals surface area contributed by atoms with Crippen molar-refractivity contribution < 1.29 is 4.39 Å². The number of nitrogens with zero attached hydrogens (tertiary/aromatic N) is 3. The predicted molar refractivity (Wildman–Crippen MR) is 82.2 cm³/mol. The third-order valence-electron chi connectivity index (χ3n) is 3.73. The number of halogens is 1. The SMILES string of the molecule is Cc1nn(C)c(N(C)C(C)c2ccccc2F)c1C(=N)N. The molecule has 112 valence electrons. The first-order valence-corrected chi connectivity index (χ1v) is 6.69. The van der Waals surface area contributed by atoms with Crippen molar-refractivity contribution in [1.82, 2.24) is 9.78 Å². The standard InChI is InChI=1S/C15H20FN5/c1-9-13(14(17)18)15(21(4)19-9)20(3)10(2)11-7-5-6-8-12(11)16/h5-8,10H,1-4H3,(H3,17,18). The smallest absolute Gasteiger partial charge is 0.138 e. The normalized spacial score (nSPS) is 12.2. The molecule has 0 spiro atoms. The van der Waals surface area contributed by atoms with Crippen molar-refractivity contribution in [2.24, 2.45) is 12.8 Å². The molecule has 1 aromatic carbocycles. The number of aryl methyl sites for hydroxylation is 2. The van der Waals surface area contributed by atoms with Gasteiger partial charge in [0.2, 0.25) is 0 Å². The maximum absolute atomic E-state index is 14.0. The number of hydrogen-bond acceptors (Lipinski definition) is 3. The molecule has 0 bridgehead atoms. The maximum atomic E-state index is 14.0. The summed E-state index contributed by atoms with van der Waals surface area (Å²) in [5.74, 6) is 0.416. The van der Waals surface area contributed by atoms with Crippen LogP contribution in [0.2, 0.25) is 0 Å². The van der Waals surface area contributed by atoms with Gasteiger partial charge in [-0.15, -0.1) is 0 Å². The largest absolute Gasteiger partial charge is 0.384 e. The van der Waals surface area contributed by atoms with Gasteiger partial charge in [-0.1, -0.05) is 18.2 Å². The molecule has 5 nitrogen and oxygen atoms in total. The van der Waals surface area contributed by atoms with Crippen LogP contribution in [-0.2, 0) is 7.05 Å². The van der Waals surface area contributed by atoms with Crippen LogP contribution in [0.4, 0.5) is 10.2 Å². The van der Waals surface area contributed by atoms with E-state index in [1.54, 1.807) is 23.9 Å². The van der Waals surface area contributed by atoms with Gasteiger partial charge in [-0.25, -0.2) is 4.39 Å². The van der Waals surface area contributed by atoms with Gasteiger partial charge in [-0.3, -0.25) is 10.1 Å². The van der Waals surface area contributed by atoms with Crippen molar-refractivity contribution >= 4 is 11.7 Å². The Balaban J connectivity index is 2.48. The molecule has 0 aliphatic carbocycles. The first-order chi connectivity index (χ1) is 9.84. The minimum atomic E-state index is -0.250. The Hall–Kier alpha value is -2.37. The van der Waals surface area contributed by atoms with E-state index in [2.05, 4.69) is 5.10 Å². The first kappa shape index (κ1) is 15.0. The lowest BCUT2D eigenvalue weighted by Gasteiger charge is -2.28. The summed E-state index contributed by atoms with van der Waals surface area (Å²) in [6.45, 7) is 3.71. The molecule has 1 atom stereocenters. The van der Waals surface area contributed by atoms with Crippen molar-refractivity contribution in [2.75, 3.05) is 11.9 Å². The van der Waals surface area contributed by atoms with E-state index in [9.17, 15) is 4.39 Å². The first-order valence-electron chi connectivity index (χ1n) is 6.69. The topological polar surface area (TPSA) is 70.9 Å². The highest BCUT2D eigenvalue weighted by Crippen LogP contribution is 2.30. The van der Waals surface area contributed by atoms with E-state index in [1.165, 1.54) is 6.07 Å². The zero-order valence-corrected chi connectivity index (χ0v) is 12.7. The van der Waals surface area contributed by atoms with Gasteiger partial charge >= 0.3 is 0 Å². The van der Waals surface area contributed by atoms with Gasteiger partial charge in [-0.2, -0.15) is 5.10 Å². The molecular weight excluding hydrogens is 269 g/mol. The van der Waals surface area contributed by atoms with Gasteiger partial charge in [0.05, 0.1) is 17.3 Å². The van der Waals surface area contributed by atoms with E-state index in [1.807, 2.05) is 31.9 Å². The molecule has 6 heteroatoms. The summed E-state index contributed by atoms with van der Waals surface area (Å²) >= 11 is 0. The van der Waals surface area contributed by atoms with Crippen LogP contribution in [0, 0.1) is 18.2 Å². The van der Waals surface area contributed by atoms with Gasteiger partial charge in [0.25, 0.3) is 0 Å². The van der Waals surface area contributed by atoms with Crippen LogP contribution in [0.1, 0.15) is 29.8 Å². The van der Waals surface area contributed by atoms with E-state index in [4.69, 9.17) is 11.1 Å². The highest BCUT2D eigenvalue weighted by molar-refractivity contribution is 6.00. The number of rotatable bonds is 4. The number of nitrogens with one attached hydrogen (secondary N) is 1. The zero-order chi connectivity index (χ0) is 15.7. The quantitative estimate of drug-likeness (QED) is 0.670. The summed E-state index contributed by atoms with van der Waals surface area (Å²) in [7, 11) is 3.64. The lowest BCUT2D eigenvalue weighted by Crippen LogP contribution is -2.27. The molecule has 3 N–H and O–H groups in total. The Morgan fingerprint density at radius 2 is 2.05 bits per heavy atom. The second kappa shape index (κ2) is 5.55. The third-order valence-corrected chi connectivity index (χ3v) is 3.73. The van der Waals surface area contributed by atoms with Gasteiger partial charge in [0.15, 0.2) is 0 Å². The fourth-order valence-electron chi connectivity index (χ4n) is 2.57. The highest BCUT2D eigenvalue weighted by Gasteiger charge is 2.24. The molecule has 21 heavy (non-hydrogen) atoms. The molecule has 2 aromatic rings. The number of amidine groups is 1. The second-order valence-electron chi connectivity index (χ2n) is 5.13. The number of anilines is 1. The van der Waals surface area contributed by atoms with Crippen LogP contribution < -0.4 is 10.6 Å². The summed E-state index contributed by atoms with van der Waals surface area (Å²) in [6, 6.07) is 6.47. The Labute approximate surface area is 123 Å². The van der Waals surface area contributed by atoms with E-state index in [-0.39, 0.29) is 17.7 Å². The van der Waals surface area contributed by atoms with Crippen molar-refractivity contribution in [3.05, 3.63) is 46.9 Å². The molecule has 0 fully saturated rings. The van der Waals surface area contributed by atoms with E-state index in [0.29, 0.717) is 22.6 Å². The third kappa shape index (κ3) is 2.61. The van der Waals surface area contributed by atoms with Crippen LogP contribution in [0.25, 0.3) is 0 Å². The lowest BCUT2D eigenvalue weighted by atomic mass is 10.1. The van der Waals surface area contributed by atoms with Gasteiger partial charge in [0, 0.05) is 19.7 Å². The minimum Gasteiger partial charge on any atom is -0.384 e. The van der Waals surface area contributed by atoms with Crippen molar-refractivity contribution in [3.8, 4) is 0 Å². The number of benzene rings is 1.